The molecular weight excluding hydrogens is 558 g/mol. The fourth-order valence-electron chi connectivity index (χ4n) is 6.81. The second kappa shape index (κ2) is 10.5. The fraction of sp³-hybridized carbons (Fsp3) is 0.342. The second-order valence-corrected chi connectivity index (χ2v) is 14.0. The first kappa shape index (κ1) is 27.9. The molecule has 3 aromatic carbocycles. The van der Waals surface area contributed by atoms with Crippen molar-refractivity contribution in [1.82, 2.24) is 24.8 Å². The Morgan fingerprint density at radius 1 is 0.889 bits per heavy atom. The van der Waals surface area contributed by atoms with E-state index >= 15 is 0 Å². The number of carbonyl (C=O) groups excluding carboxylic acids is 1. The highest BCUT2D eigenvalue weighted by Crippen LogP contribution is 2.43. The van der Waals surface area contributed by atoms with Crippen LogP contribution in [-0.2, 0) is 4.74 Å². The van der Waals surface area contributed by atoms with Crippen molar-refractivity contribution in [2.45, 2.75) is 70.9 Å². The summed E-state index contributed by atoms with van der Waals surface area (Å²) in [5.74, 6) is 2.80. The van der Waals surface area contributed by atoms with Gasteiger partial charge in [-0.3, -0.25) is 4.90 Å². The average molecular weight is 598 g/mol. The third-order valence-corrected chi connectivity index (χ3v) is 9.34. The minimum absolute atomic E-state index is 0.258. The third-order valence-electron chi connectivity index (χ3n) is 9.34. The number of ether oxygens (including phenoxy) is 1. The van der Waals surface area contributed by atoms with Gasteiger partial charge in [0.15, 0.2) is 0 Å². The number of fused-ring (bicyclic) bond motifs is 2. The molecule has 0 unspecified atom stereocenters. The predicted octanol–water partition coefficient (Wildman–Crippen LogP) is 9.23. The Morgan fingerprint density at radius 2 is 1.62 bits per heavy atom. The zero-order valence-corrected chi connectivity index (χ0v) is 26.4. The molecule has 1 fully saturated rings. The van der Waals surface area contributed by atoms with Gasteiger partial charge in [-0.2, -0.15) is 0 Å². The van der Waals surface area contributed by atoms with E-state index in [1.54, 1.807) is 0 Å². The lowest BCUT2D eigenvalue weighted by molar-refractivity contribution is 0.0232. The average Bonchev–Trinajstić information content (AvgIpc) is 3.40. The third kappa shape index (κ3) is 5.45. The monoisotopic (exact) mass is 597 g/mol. The number of imidazole rings is 2. The number of aromatic amines is 2. The highest BCUT2D eigenvalue weighted by molar-refractivity contribution is 5.92. The summed E-state index contributed by atoms with van der Waals surface area (Å²) in [6.45, 7) is 8.52. The number of rotatable bonds is 5. The molecule has 1 aliphatic heterocycles. The van der Waals surface area contributed by atoms with Crippen molar-refractivity contribution in [2.24, 2.45) is 5.92 Å². The first-order chi connectivity index (χ1) is 21.7. The Morgan fingerprint density at radius 3 is 2.36 bits per heavy atom. The Kier molecular flexibility index (Phi) is 6.48. The number of hydrogen-bond donors (Lipinski definition) is 2. The van der Waals surface area contributed by atoms with Gasteiger partial charge in [0.05, 0.1) is 22.9 Å². The summed E-state index contributed by atoms with van der Waals surface area (Å²) in [6, 6.07) is 19.3. The summed E-state index contributed by atoms with van der Waals surface area (Å²) < 4.78 is 5.77. The van der Waals surface area contributed by atoms with E-state index in [4.69, 9.17) is 14.7 Å². The molecule has 0 bridgehead atoms. The number of nitrogens with one attached hydrogen (secondary N) is 2. The molecule has 1 amide bonds. The van der Waals surface area contributed by atoms with Crippen molar-refractivity contribution >= 4 is 27.9 Å². The number of nitrogens with zero attached hydrogens (tertiary/aromatic N) is 3. The van der Waals surface area contributed by atoms with Crippen LogP contribution in [0.4, 0.5) is 4.79 Å². The van der Waals surface area contributed by atoms with E-state index in [0.29, 0.717) is 18.4 Å². The highest BCUT2D eigenvalue weighted by atomic mass is 16.6. The Balaban J connectivity index is 1.06. The molecule has 7 heteroatoms. The molecule has 7 nitrogen and oxygen atoms in total. The highest BCUT2D eigenvalue weighted by Gasteiger charge is 2.39. The molecular formula is C38H39N5O2. The molecule has 1 saturated carbocycles. The number of carbonyl (C=O) groups is 1. The van der Waals surface area contributed by atoms with E-state index in [9.17, 15) is 4.79 Å². The molecule has 2 aliphatic carbocycles. The predicted molar refractivity (Wildman–Crippen MR) is 179 cm³/mol. The van der Waals surface area contributed by atoms with Crippen LogP contribution < -0.4 is 0 Å². The summed E-state index contributed by atoms with van der Waals surface area (Å²) in [4.78, 5) is 31.7. The Labute approximate surface area is 263 Å². The summed E-state index contributed by atoms with van der Waals surface area (Å²) >= 11 is 0. The quantitative estimate of drug-likeness (QED) is 0.198. The number of aromatic nitrogens is 4. The van der Waals surface area contributed by atoms with Gasteiger partial charge in [0, 0.05) is 18.0 Å². The van der Waals surface area contributed by atoms with E-state index in [1.807, 2.05) is 31.9 Å². The molecule has 0 radical (unpaired) electrons. The lowest BCUT2D eigenvalue weighted by Gasteiger charge is -2.28. The van der Waals surface area contributed by atoms with Gasteiger partial charge in [-0.1, -0.05) is 48.1 Å². The van der Waals surface area contributed by atoms with E-state index in [2.05, 4.69) is 83.6 Å². The van der Waals surface area contributed by atoms with Gasteiger partial charge in [0.25, 0.3) is 0 Å². The van der Waals surface area contributed by atoms with Crippen LogP contribution in [0.15, 0.2) is 84.1 Å². The number of benzene rings is 3. The zero-order chi connectivity index (χ0) is 30.9. The molecule has 45 heavy (non-hydrogen) atoms. The van der Waals surface area contributed by atoms with Crippen LogP contribution in [0.25, 0.3) is 44.2 Å². The molecule has 2 aromatic heterocycles. The Hall–Kier alpha value is -4.65. The minimum Gasteiger partial charge on any atom is -0.444 e. The van der Waals surface area contributed by atoms with Crippen LogP contribution in [0.3, 0.4) is 0 Å². The summed E-state index contributed by atoms with van der Waals surface area (Å²) in [6.07, 6.45) is 10.9. The van der Waals surface area contributed by atoms with Crippen molar-refractivity contribution in [3.05, 3.63) is 95.7 Å². The molecule has 2 N–H and O–H groups in total. The largest absolute Gasteiger partial charge is 0.444 e. The lowest BCUT2D eigenvalue weighted by atomic mass is 9.99. The van der Waals surface area contributed by atoms with Crippen LogP contribution in [0.2, 0.25) is 0 Å². The molecule has 0 saturated heterocycles. The number of hydrogen-bond acceptors (Lipinski definition) is 4. The van der Waals surface area contributed by atoms with Gasteiger partial charge in [0.2, 0.25) is 0 Å². The number of H-pyrrole nitrogens is 2. The molecule has 8 rings (SSSR count). The van der Waals surface area contributed by atoms with E-state index in [1.165, 1.54) is 34.8 Å². The van der Waals surface area contributed by atoms with Gasteiger partial charge < -0.3 is 14.7 Å². The van der Waals surface area contributed by atoms with Crippen LogP contribution in [0.5, 0.6) is 0 Å². The van der Waals surface area contributed by atoms with Crippen LogP contribution in [0.1, 0.15) is 77.0 Å². The SMILES string of the molecule is CC1=C[C@@H](c2ncc(-c3ccc4cc(-c5ccc6nc([C@@H]7C=C(C8CC8)CN7C(=O)OC(C)(C)C)[nH]c6c5)ccc4c3)[nH]2)CC1. The molecule has 3 heterocycles. The smallest absolute Gasteiger partial charge is 0.411 e. The van der Waals surface area contributed by atoms with Gasteiger partial charge in [-0.25, -0.2) is 14.8 Å². The maximum absolute atomic E-state index is 13.2. The molecule has 0 spiro atoms. The molecule has 5 aromatic rings. The summed E-state index contributed by atoms with van der Waals surface area (Å²) in [7, 11) is 0. The maximum Gasteiger partial charge on any atom is 0.411 e. The second-order valence-electron chi connectivity index (χ2n) is 14.0. The van der Waals surface area contributed by atoms with Crippen LogP contribution in [-0.4, -0.2) is 43.1 Å². The maximum atomic E-state index is 13.2. The van der Waals surface area contributed by atoms with Crippen molar-refractivity contribution < 1.29 is 9.53 Å². The normalized spacial score (nSPS) is 20.2. The van der Waals surface area contributed by atoms with Gasteiger partial charge in [-0.05, 0) is 111 Å². The molecule has 228 valence electrons. The van der Waals surface area contributed by atoms with Crippen molar-refractivity contribution in [1.29, 1.82) is 0 Å². The van der Waals surface area contributed by atoms with E-state index < -0.39 is 5.60 Å². The topological polar surface area (TPSA) is 86.9 Å². The van der Waals surface area contributed by atoms with Crippen LogP contribution >= 0.6 is 0 Å². The minimum atomic E-state index is -0.553. The van der Waals surface area contributed by atoms with Gasteiger partial charge in [0.1, 0.15) is 23.3 Å². The fourth-order valence-corrected chi connectivity index (χ4v) is 6.81. The van der Waals surface area contributed by atoms with Crippen molar-refractivity contribution in [3.8, 4) is 22.4 Å². The molecule has 2 atom stereocenters. The Bertz CT molecular complexity index is 2020. The van der Waals surface area contributed by atoms with Gasteiger partial charge in [-0.15, -0.1) is 0 Å². The van der Waals surface area contributed by atoms with Crippen molar-refractivity contribution in [2.75, 3.05) is 6.54 Å². The zero-order valence-electron chi connectivity index (χ0n) is 26.4. The lowest BCUT2D eigenvalue weighted by Crippen LogP contribution is -2.37. The van der Waals surface area contributed by atoms with Crippen molar-refractivity contribution in [3.63, 3.8) is 0 Å². The first-order valence-electron chi connectivity index (χ1n) is 16.1. The van der Waals surface area contributed by atoms with E-state index in [0.717, 1.165) is 57.9 Å². The number of amides is 1. The van der Waals surface area contributed by atoms with Crippen LogP contribution in [0, 0.1) is 5.92 Å². The summed E-state index contributed by atoms with van der Waals surface area (Å²) in [5, 5.41) is 2.38. The summed E-state index contributed by atoms with van der Waals surface area (Å²) in [5.41, 5.74) is 8.52. The number of allylic oxidation sites excluding steroid dienone is 2. The first-order valence-corrected chi connectivity index (χ1v) is 16.1. The van der Waals surface area contributed by atoms with E-state index in [-0.39, 0.29) is 12.1 Å². The van der Waals surface area contributed by atoms with Gasteiger partial charge >= 0.3 is 6.09 Å². The molecule has 3 aliphatic rings. The standard InChI is InChI=1S/C38H39N5O2/c1-22-5-6-29(15-22)35-39-20-33(42-35)28-12-11-24-16-25(9-10-26(24)17-28)27-13-14-31-32(18-27)41-36(40-31)34-19-30(23-7-8-23)21-43(34)37(44)45-38(2,3)4/h9-20,23,29,34H,5-8,21H2,1-4H3,(H,39,42)(H,40,41)/t29-,34-/m0/s1.